The number of hydrogen-bond donors (Lipinski definition) is 2. The fourth-order valence-corrected chi connectivity index (χ4v) is 2.11. The van der Waals surface area contributed by atoms with Crippen LogP contribution in [-0.4, -0.2) is 24.8 Å². The Hall–Kier alpha value is -2.90. The van der Waals surface area contributed by atoms with E-state index in [0.717, 1.165) is 17.0 Å². The number of anilines is 1. The molecule has 0 spiro atoms. The lowest BCUT2D eigenvalue weighted by molar-refractivity contribution is -0.153. The number of nitrogens with zero attached hydrogens (tertiary/aromatic N) is 1. The van der Waals surface area contributed by atoms with Crippen LogP contribution in [0.5, 0.6) is 11.5 Å². The normalized spacial score (nSPS) is 12.1. The Morgan fingerprint density at radius 2 is 1.63 bits per heavy atom. The molecule has 0 amide bonds. The highest BCUT2D eigenvalue weighted by Crippen LogP contribution is 2.19. The zero-order valence-electron chi connectivity index (χ0n) is 15.1. The number of guanidine groups is 1. The SMILES string of the molecule is CC(C)Oc1ccc(NC(N)=NCc2ccc(OCC(F)(F)F)cc2)cc1. The van der Waals surface area contributed by atoms with E-state index in [1.54, 1.807) is 12.1 Å². The van der Waals surface area contributed by atoms with Crippen molar-refractivity contribution in [1.29, 1.82) is 0 Å². The average molecular weight is 381 g/mol. The number of nitrogens with two attached hydrogens (primary N) is 1. The lowest BCUT2D eigenvalue weighted by Gasteiger charge is -2.11. The highest BCUT2D eigenvalue weighted by Gasteiger charge is 2.28. The molecule has 0 bridgehead atoms. The maximum atomic E-state index is 12.1. The van der Waals surface area contributed by atoms with Gasteiger partial charge in [0.15, 0.2) is 12.6 Å². The van der Waals surface area contributed by atoms with E-state index in [2.05, 4.69) is 15.0 Å². The molecule has 0 aliphatic heterocycles. The van der Waals surface area contributed by atoms with Gasteiger partial charge < -0.3 is 20.5 Å². The first kappa shape index (κ1) is 20.4. The Morgan fingerprint density at radius 1 is 1.04 bits per heavy atom. The van der Waals surface area contributed by atoms with Crippen LogP contribution in [0.4, 0.5) is 18.9 Å². The van der Waals surface area contributed by atoms with Crippen molar-refractivity contribution in [2.75, 3.05) is 11.9 Å². The number of hydrogen-bond acceptors (Lipinski definition) is 3. The van der Waals surface area contributed by atoms with Gasteiger partial charge in [0.05, 0.1) is 12.6 Å². The number of nitrogens with one attached hydrogen (secondary N) is 1. The van der Waals surface area contributed by atoms with Crippen LogP contribution < -0.4 is 20.5 Å². The van der Waals surface area contributed by atoms with Crippen molar-refractivity contribution in [3.05, 3.63) is 54.1 Å². The predicted molar refractivity (Wildman–Crippen MR) is 99.1 cm³/mol. The summed E-state index contributed by atoms with van der Waals surface area (Å²) in [6, 6.07) is 13.5. The second-order valence-corrected chi connectivity index (χ2v) is 6.07. The molecule has 8 heteroatoms. The smallest absolute Gasteiger partial charge is 0.422 e. The van der Waals surface area contributed by atoms with Crippen molar-refractivity contribution in [2.24, 2.45) is 10.7 Å². The largest absolute Gasteiger partial charge is 0.491 e. The second-order valence-electron chi connectivity index (χ2n) is 6.07. The van der Waals surface area contributed by atoms with Crippen molar-refractivity contribution in [1.82, 2.24) is 0 Å². The number of alkyl halides is 3. The summed E-state index contributed by atoms with van der Waals surface area (Å²) in [5.74, 6) is 1.14. The number of ether oxygens (including phenoxy) is 2. The molecule has 0 fully saturated rings. The van der Waals surface area contributed by atoms with Gasteiger partial charge in [0.25, 0.3) is 0 Å². The van der Waals surface area contributed by atoms with E-state index in [4.69, 9.17) is 10.5 Å². The molecule has 146 valence electrons. The zero-order valence-corrected chi connectivity index (χ0v) is 15.1. The summed E-state index contributed by atoms with van der Waals surface area (Å²) in [6.45, 7) is 2.87. The molecule has 0 aliphatic carbocycles. The van der Waals surface area contributed by atoms with Crippen LogP contribution in [0.1, 0.15) is 19.4 Å². The van der Waals surface area contributed by atoms with Crippen molar-refractivity contribution >= 4 is 11.6 Å². The van der Waals surface area contributed by atoms with Crippen LogP contribution in [0, 0.1) is 0 Å². The van der Waals surface area contributed by atoms with E-state index in [9.17, 15) is 13.2 Å². The van der Waals surface area contributed by atoms with Crippen LogP contribution in [-0.2, 0) is 6.54 Å². The van der Waals surface area contributed by atoms with E-state index < -0.39 is 12.8 Å². The standard InChI is InChI=1S/C19H22F3N3O2/c1-13(2)27-17-9-5-15(6-10-17)25-18(23)24-11-14-3-7-16(8-4-14)26-12-19(20,21)22/h3-10,13H,11-12H2,1-2H3,(H3,23,24,25). The summed E-state index contributed by atoms with van der Waals surface area (Å²) in [7, 11) is 0. The van der Waals surface area contributed by atoms with Gasteiger partial charge >= 0.3 is 6.18 Å². The Bertz CT molecular complexity index is 742. The first-order valence-electron chi connectivity index (χ1n) is 8.33. The quantitative estimate of drug-likeness (QED) is 0.553. The first-order valence-corrected chi connectivity index (χ1v) is 8.33. The molecule has 0 saturated carbocycles. The lowest BCUT2D eigenvalue weighted by atomic mass is 10.2. The Balaban J connectivity index is 1.85. The van der Waals surface area contributed by atoms with E-state index in [-0.39, 0.29) is 24.4 Å². The highest BCUT2D eigenvalue weighted by molar-refractivity contribution is 5.92. The van der Waals surface area contributed by atoms with Gasteiger partial charge in [-0.05, 0) is 55.8 Å². The van der Waals surface area contributed by atoms with Gasteiger partial charge in [-0.15, -0.1) is 0 Å². The first-order chi connectivity index (χ1) is 12.7. The van der Waals surface area contributed by atoms with E-state index in [1.165, 1.54) is 12.1 Å². The maximum absolute atomic E-state index is 12.1. The Labute approximate surface area is 156 Å². The summed E-state index contributed by atoms with van der Waals surface area (Å²) in [6.07, 6.45) is -4.26. The van der Waals surface area contributed by atoms with E-state index in [1.807, 2.05) is 38.1 Å². The minimum atomic E-state index is -4.36. The topological polar surface area (TPSA) is 68.9 Å². The number of aliphatic imine (C=N–C) groups is 1. The third-order valence-corrected chi connectivity index (χ3v) is 3.26. The third-order valence-electron chi connectivity index (χ3n) is 3.26. The average Bonchev–Trinajstić information content (AvgIpc) is 2.60. The van der Waals surface area contributed by atoms with Gasteiger partial charge in [0.2, 0.25) is 0 Å². The molecule has 2 aromatic carbocycles. The summed E-state index contributed by atoms with van der Waals surface area (Å²) in [5, 5.41) is 2.96. The molecule has 3 N–H and O–H groups in total. The summed E-state index contributed by atoms with van der Waals surface area (Å²) >= 11 is 0. The van der Waals surface area contributed by atoms with Crippen molar-refractivity contribution < 1.29 is 22.6 Å². The van der Waals surface area contributed by atoms with Crippen LogP contribution in [0.3, 0.4) is 0 Å². The van der Waals surface area contributed by atoms with E-state index in [0.29, 0.717) is 0 Å². The summed E-state index contributed by atoms with van der Waals surface area (Å²) < 4.78 is 46.6. The molecule has 2 rings (SSSR count). The third kappa shape index (κ3) is 7.89. The van der Waals surface area contributed by atoms with Crippen molar-refractivity contribution in [2.45, 2.75) is 32.7 Å². The van der Waals surface area contributed by atoms with Gasteiger partial charge in [-0.25, -0.2) is 4.99 Å². The minimum absolute atomic E-state index is 0.0979. The van der Waals surface area contributed by atoms with Gasteiger partial charge in [-0.1, -0.05) is 12.1 Å². The molecule has 0 atom stereocenters. The van der Waals surface area contributed by atoms with Crippen LogP contribution in [0.2, 0.25) is 0 Å². The van der Waals surface area contributed by atoms with Gasteiger partial charge in [-0.2, -0.15) is 13.2 Å². The molecule has 0 radical (unpaired) electrons. The maximum Gasteiger partial charge on any atom is 0.422 e. The minimum Gasteiger partial charge on any atom is -0.491 e. The van der Waals surface area contributed by atoms with Gasteiger partial charge in [0, 0.05) is 5.69 Å². The highest BCUT2D eigenvalue weighted by atomic mass is 19.4. The fourth-order valence-electron chi connectivity index (χ4n) is 2.11. The molecule has 0 aliphatic rings. The van der Waals surface area contributed by atoms with Gasteiger partial charge in [0.1, 0.15) is 11.5 Å². The molecule has 5 nitrogen and oxygen atoms in total. The summed E-state index contributed by atoms with van der Waals surface area (Å²) in [5.41, 5.74) is 7.41. The molecule has 27 heavy (non-hydrogen) atoms. The van der Waals surface area contributed by atoms with Crippen molar-refractivity contribution in [3.8, 4) is 11.5 Å². The van der Waals surface area contributed by atoms with Crippen LogP contribution in [0.25, 0.3) is 0 Å². The molecule has 0 unspecified atom stereocenters. The van der Waals surface area contributed by atoms with Crippen LogP contribution in [0.15, 0.2) is 53.5 Å². The Kier molecular flexibility index (Phi) is 6.92. The Morgan fingerprint density at radius 3 is 2.19 bits per heavy atom. The van der Waals surface area contributed by atoms with Crippen LogP contribution >= 0.6 is 0 Å². The second kappa shape index (κ2) is 9.16. The van der Waals surface area contributed by atoms with E-state index >= 15 is 0 Å². The fraction of sp³-hybridized carbons (Fsp3) is 0.316. The molecular formula is C19H22F3N3O2. The van der Waals surface area contributed by atoms with Gasteiger partial charge in [-0.3, -0.25) is 0 Å². The number of halogens is 3. The zero-order chi connectivity index (χ0) is 19.9. The van der Waals surface area contributed by atoms with Crippen molar-refractivity contribution in [3.63, 3.8) is 0 Å². The molecular weight excluding hydrogens is 359 g/mol. The molecule has 0 aromatic heterocycles. The monoisotopic (exact) mass is 381 g/mol. The molecule has 0 heterocycles. The predicted octanol–water partition coefficient (Wildman–Crippen LogP) is 4.34. The molecule has 2 aromatic rings. The number of benzene rings is 2. The summed E-state index contributed by atoms with van der Waals surface area (Å²) in [4.78, 5) is 4.21. The number of rotatable bonds is 7. The molecule has 0 saturated heterocycles. The lowest BCUT2D eigenvalue weighted by Crippen LogP contribution is -2.22.